The van der Waals surface area contributed by atoms with Crippen molar-refractivity contribution >= 4 is 0 Å². The minimum Gasteiger partial charge on any atom is -0.468 e. The SMILES string of the molecule is CCC1CCC(CN)(N(CC)Cc2ccco2)CC1. The second-order valence-corrected chi connectivity index (χ2v) is 5.87. The van der Waals surface area contributed by atoms with Gasteiger partial charge in [0.15, 0.2) is 0 Å². The van der Waals surface area contributed by atoms with Crippen LogP contribution in [0.2, 0.25) is 0 Å². The Balaban J connectivity index is 2.05. The van der Waals surface area contributed by atoms with Gasteiger partial charge in [0.05, 0.1) is 12.8 Å². The van der Waals surface area contributed by atoms with Gasteiger partial charge in [-0.15, -0.1) is 0 Å². The van der Waals surface area contributed by atoms with E-state index in [1.165, 1.54) is 32.1 Å². The monoisotopic (exact) mass is 264 g/mol. The molecule has 3 nitrogen and oxygen atoms in total. The Morgan fingerprint density at radius 2 is 2.11 bits per heavy atom. The van der Waals surface area contributed by atoms with Crippen LogP contribution >= 0.6 is 0 Å². The highest BCUT2D eigenvalue weighted by molar-refractivity contribution is 5.02. The molecule has 0 bridgehead atoms. The second-order valence-electron chi connectivity index (χ2n) is 5.87. The van der Waals surface area contributed by atoms with Gasteiger partial charge in [0.1, 0.15) is 5.76 Å². The van der Waals surface area contributed by atoms with Gasteiger partial charge >= 0.3 is 0 Å². The van der Waals surface area contributed by atoms with Crippen molar-refractivity contribution in [2.45, 2.75) is 58.0 Å². The van der Waals surface area contributed by atoms with Gasteiger partial charge in [-0.25, -0.2) is 0 Å². The smallest absolute Gasteiger partial charge is 0.117 e. The first kappa shape index (κ1) is 14.6. The zero-order valence-corrected chi connectivity index (χ0v) is 12.4. The predicted molar refractivity (Wildman–Crippen MR) is 78.8 cm³/mol. The molecule has 2 N–H and O–H groups in total. The van der Waals surface area contributed by atoms with Crippen molar-refractivity contribution in [3.05, 3.63) is 24.2 Å². The van der Waals surface area contributed by atoms with E-state index in [1.807, 2.05) is 6.07 Å². The van der Waals surface area contributed by atoms with Gasteiger partial charge in [-0.2, -0.15) is 0 Å². The Hall–Kier alpha value is -0.800. The van der Waals surface area contributed by atoms with Gasteiger partial charge in [-0.1, -0.05) is 20.3 Å². The summed E-state index contributed by atoms with van der Waals surface area (Å²) in [5.41, 5.74) is 6.35. The third-order valence-electron chi connectivity index (χ3n) is 4.97. The van der Waals surface area contributed by atoms with E-state index in [4.69, 9.17) is 10.2 Å². The number of nitrogens with two attached hydrogens (primary N) is 1. The minimum absolute atomic E-state index is 0.188. The Bertz CT molecular complexity index is 353. The molecule has 1 aromatic rings. The first-order chi connectivity index (χ1) is 9.24. The average Bonchev–Trinajstić information content (AvgIpc) is 2.98. The van der Waals surface area contributed by atoms with E-state index >= 15 is 0 Å². The molecule has 0 aromatic carbocycles. The minimum atomic E-state index is 0.188. The Labute approximate surface area is 117 Å². The maximum absolute atomic E-state index is 6.16. The van der Waals surface area contributed by atoms with Crippen LogP contribution in [0.1, 0.15) is 51.7 Å². The molecule has 19 heavy (non-hydrogen) atoms. The van der Waals surface area contributed by atoms with E-state index in [9.17, 15) is 0 Å². The van der Waals surface area contributed by atoms with Gasteiger partial charge < -0.3 is 10.2 Å². The summed E-state index contributed by atoms with van der Waals surface area (Å²) in [6.45, 7) is 7.22. The molecule has 0 radical (unpaired) electrons. The summed E-state index contributed by atoms with van der Waals surface area (Å²) < 4.78 is 5.51. The van der Waals surface area contributed by atoms with Crippen LogP contribution < -0.4 is 5.73 Å². The molecule has 1 heterocycles. The van der Waals surface area contributed by atoms with E-state index in [2.05, 4.69) is 24.8 Å². The van der Waals surface area contributed by atoms with Crippen LogP contribution in [0.4, 0.5) is 0 Å². The third-order valence-corrected chi connectivity index (χ3v) is 4.97. The summed E-state index contributed by atoms with van der Waals surface area (Å²) >= 11 is 0. The van der Waals surface area contributed by atoms with Crippen molar-refractivity contribution in [1.82, 2.24) is 4.90 Å². The Kier molecular flexibility index (Phi) is 5.06. The fourth-order valence-electron chi connectivity index (χ4n) is 3.48. The molecule has 0 atom stereocenters. The molecule has 1 aliphatic rings. The number of likely N-dealkylation sites (N-methyl/N-ethyl adjacent to an activating group) is 1. The summed E-state index contributed by atoms with van der Waals surface area (Å²) in [5, 5.41) is 0. The molecule has 3 heteroatoms. The van der Waals surface area contributed by atoms with Crippen LogP contribution in [0.3, 0.4) is 0 Å². The van der Waals surface area contributed by atoms with E-state index in [-0.39, 0.29) is 5.54 Å². The molecule has 1 saturated carbocycles. The predicted octanol–water partition coefficient (Wildman–Crippen LogP) is 3.40. The number of hydrogen-bond donors (Lipinski definition) is 1. The first-order valence-electron chi connectivity index (χ1n) is 7.71. The summed E-state index contributed by atoms with van der Waals surface area (Å²) in [5.74, 6) is 1.95. The standard InChI is InChI=1S/C16H28N2O/c1-3-14-7-9-16(13-17,10-8-14)18(4-2)12-15-6-5-11-19-15/h5-6,11,14H,3-4,7-10,12-13,17H2,1-2H3. The van der Waals surface area contributed by atoms with Crippen LogP contribution in [0.5, 0.6) is 0 Å². The Morgan fingerprint density at radius 1 is 1.37 bits per heavy atom. The van der Waals surface area contributed by atoms with Crippen molar-refractivity contribution in [2.75, 3.05) is 13.1 Å². The maximum Gasteiger partial charge on any atom is 0.117 e. The normalized spacial score (nSPS) is 27.9. The van der Waals surface area contributed by atoms with Crippen LogP contribution in [0, 0.1) is 5.92 Å². The van der Waals surface area contributed by atoms with Gasteiger partial charge in [-0.05, 0) is 50.3 Å². The largest absolute Gasteiger partial charge is 0.468 e. The topological polar surface area (TPSA) is 42.4 Å². The molecule has 1 fully saturated rings. The van der Waals surface area contributed by atoms with E-state index in [0.29, 0.717) is 0 Å². The van der Waals surface area contributed by atoms with E-state index in [0.717, 1.165) is 31.3 Å². The van der Waals surface area contributed by atoms with Crippen LogP contribution in [-0.4, -0.2) is 23.5 Å². The number of nitrogens with zero attached hydrogens (tertiary/aromatic N) is 1. The van der Waals surface area contributed by atoms with Crippen LogP contribution in [0.15, 0.2) is 22.8 Å². The fourth-order valence-corrected chi connectivity index (χ4v) is 3.48. The summed E-state index contributed by atoms with van der Waals surface area (Å²) in [7, 11) is 0. The third kappa shape index (κ3) is 3.21. The van der Waals surface area contributed by atoms with Crippen LogP contribution in [0.25, 0.3) is 0 Å². The maximum atomic E-state index is 6.16. The number of furan rings is 1. The van der Waals surface area contributed by atoms with Crippen LogP contribution in [-0.2, 0) is 6.54 Å². The van der Waals surface area contributed by atoms with Gasteiger partial charge in [-0.3, -0.25) is 4.90 Å². The molecule has 2 rings (SSSR count). The number of hydrogen-bond acceptors (Lipinski definition) is 3. The first-order valence-corrected chi connectivity index (χ1v) is 7.71. The molecule has 0 unspecified atom stereocenters. The van der Waals surface area contributed by atoms with Crippen molar-refractivity contribution in [3.63, 3.8) is 0 Å². The Morgan fingerprint density at radius 3 is 2.58 bits per heavy atom. The molecule has 0 spiro atoms. The molecular formula is C16H28N2O. The van der Waals surface area contributed by atoms with Crippen molar-refractivity contribution in [2.24, 2.45) is 11.7 Å². The number of rotatable bonds is 6. The molecule has 0 aliphatic heterocycles. The molecule has 0 amide bonds. The van der Waals surface area contributed by atoms with E-state index in [1.54, 1.807) is 6.26 Å². The summed E-state index contributed by atoms with van der Waals surface area (Å²) in [6, 6.07) is 4.02. The molecule has 1 aliphatic carbocycles. The zero-order valence-electron chi connectivity index (χ0n) is 12.4. The highest BCUT2D eigenvalue weighted by Crippen LogP contribution is 2.37. The lowest BCUT2D eigenvalue weighted by atomic mass is 9.74. The zero-order chi connectivity index (χ0) is 13.7. The van der Waals surface area contributed by atoms with Gasteiger partial charge in [0, 0.05) is 12.1 Å². The lowest BCUT2D eigenvalue weighted by Crippen LogP contribution is -2.55. The highest BCUT2D eigenvalue weighted by Gasteiger charge is 2.38. The summed E-state index contributed by atoms with van der Waals surface area (Å²) in [4.78, 5) is 2.53. The molecule has 1 aromatic heterocycles. The van der Waals surface area contributed by atoms with Crippen molar-refractivity contribution < 1.29 is 4.42 Å². The van der Waals surface area contributed by atoms with Gasteiger partial charge in [0.2, 0.25) is 0 Å². The lowest BCUT2D eigenvalue weighted by molar-refractivity contribution is 0.0343. The van der Waals surface area contributed by atoms with Crippen molar-refractivity contribution in [1.29, 1.82) is 0 Å². The van der Waals surface area contributed by atoms with E-state index < -0.39 is 0 Å². The average molecular weight is 264 g/mol. The summed E-state index contributed by atoms with van der Waals surface area (Å²) in [6.07, 6.45) is 8.18. The van der Waals surface area contributed by atoms with Crippen molar-refractivity contribution in [3.8, 4) is 0 Å². The quantitative estimate of drug-likeness (QED) is 0.856. The molecular weight excluding hydrogens is 236 g/mol. The lowest BCUT2D eigenvalue weighted by Gasteiger charge is -2.47. The molecule has 108 valence electrons. The second kappa shape index (κ2) is 6.58. The molecule has 0 saturated heterocycles. The highest BCUT2D eigenvalue weighted by atomic mass is 16.3. The fraction of sp³-hybridized carbons (Fsp3) is 0.750. The van der Waals surface area contributed by atoms with Gasteiger partial charge in [0.25, 0.3) is 0 Å².